The van der Waals surface area contributed by atoms with Crippen molar-refractivity contribution in [2.45, 2.75) is 19.9 Å². The molecule has 1 unspecified atom stereocenters. The monoisotopic (exact) mass is 391 g/mol. The van der Waals surface area contributed by atoms with Gasteiger partial charge in [-0.2, -0.15) is 0 Å². The van der Waals surface area contributed by atoms with E-state index in [1.165, 1.54) is 5.56 Å². The third kappa shape index (κ3) is 6.96. The van der Waals surface area contributed by atoms with Crippen LogP contribution in [-0.2, 0) is 4.74 Å². The molecule has 0 bridgehead atoms. The van der Waals surface area contributed by atoms with Crippen LogP contribution in [0.4, 0.5) is 0 Å². The molecule has 0 radical (unpaired) electrons. The van der Waals surface area contributed by atoms with Gasteiger partial charge in [-0.3, -0.25) is 14.8 Å². The third-order valence-corrected chi connectivity index (χ3v) is 5.24. The number of ether oxygens (including phenoxy) is 2. The minimum atomic E-state index is 0.253. The molecule has 1 heterocycles. The van der Waals surface area contributed by atoms with Gasteiger partial charge >= 0.3 is 0 Å². The van der Waals surface area contributed by atoms with Crippen LogP contribution in [0.1, 0.15) is 25.5 Å². The maximum atomic E-state index is 5.42. The molecule has 1 saturated heterocycles. The van der Waals surface area contributed by atoms with Crippen LogP contribution >= 0.6 is 0 Å². The van der Waals surface area contributed by atoms with E-state index in [9.17, 15) is 0 Å². The Morgan fingerprint density at radius 1 is 1.25 bits per heavy atom. The fourth-order valence-corrected chi connectivity index (χ4v) is 3.54. The van der Waals surface area contributed by atoms with Crippen molar-refractivity contribution in [1.82, 2.24) is 20.4 Å². The molecule has 1 aliphatic heterocycles. The predicted octanol–water partition coefficient (Wildman–Crippen LogP) is 1.58. The molecule has 2 rings (SSSR count). The Bertz CT molecular complexity index is 586. The maximum absolute atomic E-state index is 5.42. The summed E-state index contributed by atoms with van der Waals surface area (Å²) < 4.78 is 10.8. The highest BCUT2D eigenvalue weighted by atomic mass is 16.5. The average molecular weight is 392 g/mol. The Morgan fingerprint density at radius 3 is 2.64 bits per heavy atom. The first kappa shape index (κ1) is 22.5. The number of rotatable bonds is 10. The number of likely N-dealkylation sites (N-methyl/N-ethyl adjacent to an activating group) is 1. The second-order valence-corrected chi connectivity index (χ2v) is 6.85. The van der Waals surface area contributed by atoms with Gasteiger partial charge < -0.3 is 20.1 Å². The molecule has 0 aliphatic carbocycles. The summed E-state index contributed by atoms with van der Waals surface area (Å²) in [5, 5.41) is 6.94. The van der Waals surface area contributed by atoms with Gasteiger partial charge in [0.05, 0.1) is 26.4 Å². The zero-order chi connectivity index (χ0) is 20.2. The molecular weight excluding hydrogens is 354 g/mol. The Labute approximate surface area is 170 Å². The van der Waals surface area contributed by atoms with Crippen molar-refractivity contribution >= 4 is 5.96 Å². The van der Waals surface area contributed by atoms with E-state index in [0.717, 1.165) is 70.7 Å². The number of hydrogen-bond donors (Lipinski definition) is 2. The molecule has 1 aromatic carbocycles. The van der Waals surface area contributed by atoms with Crippen LogP contribution in [0.2, 0.25) is 0 Å². The lowest BCUT2D eigenvalue weighted by atomic mass is 10.0. The molecule has 28 heavy (non-hydrogen) atoms. The molecule has 1 aromatic rings. The van der Waals surface area contributed by atoms with Crippen LogP contribution in [0.15, 0.2) is 29.3 Å². The van der Waals surface area contributed by atoms with Crippen molar-refractivity contribution in [3.63, 3.8) is 0 Å². The summed E-state index contributed by atoms with van der Waals surface area (Å²) in [6, 6.07) is 8.59. The van der Waals surface area contributed by atoms with Gasteiger partial charge in [0.1, 0.15) is 5.75 Å². The van der Waals surface area contributed by atoms with Gasteiger partial charge in [-0.25, -0.2) is 0 Å². The van der Waals surface area contributed by atoms with Crippen molar-refractivity contribution in [3.8, 4) is 5.75 Å². The molecule has 1 fully saturated rings. The molecule has 1 aliphatic rings. The Morgan fingerprint density at radius 2 is 2.00 bits per heavy atom. The Hall–Kier alpha value is -1.83. The van der Waals surface area contributed by atoms with E-state index < -0.39 is 0 Å². The molecule has 0 saturated carbocycles. The molecule has 158 valence electrons. The highest BCUT2D eigenvalue weighted by Gasteiger charge is 2.19. The summed E-state index contributed by atoms with van der Waals surface area (Å²) in [5.74, 6) is 1.73. The highest BCUT2D eigenvalue weighted by molar-refractivity contribution is 5.79. The second kappa shape index (κ2) is 12.6. The highest BCUT2D eigenvalue weighted by Crippen LogP contribution is 2.23. The Balaban J connectivity index is 1.92. The summed E-state index contributed by atoms with van der Waals surface area (Å²) in [4.78, 5) is 9.25. The quantitative estimate of drug-likeness (QED) is 0.466. The smallest absolute Gasteiger partial charge is 0.191 e. The molecule has 7 nitrogen and oxygen atoms in total. The van der Waals surface area contributed by atoms with Gasteiger partial charge in [0.15, 0.2) is 5.96 Å². The number of nitrogens with one attached hydrogen (secondary N) is 2. The zero-order valence-corrected chi connectivity index (χ0v) is 17.9. The number of aliphatic imine (C=N–C) groups is 1. The van der Waals surface area contributed by atoms with E-state index in [1.54, 1.807) is 7.11 Å². The lowest BCUT2D eigenvalue weighted by Gasteiger charge is -2.31. The lowest BCUT2D eigenvalue weighted by Crippen LogP contribution is -2.46. The number of guanidine groups is 1. The van der Waals surface area contributed by atoms with Gasteiger partial charge in [0.25, 0.3) is 0 Å². The number of methoxy groups -OCH3 is 1. The van der Waals surface area contributed by atoms with Crippen molar-refractivity contribution < 1.29 is 9.47 Å². The van der Waals surface area contributed by atoms with Crippen molar-refractivity contribution in [2.24, 2.45) is 4.99 Å². The minimum Gasteiger partial charge on any atom is -0.497 e. The van der Waals surface area contributed by atoms with E-state index >= 15 is 0 Å². The van der Waals surface area contributed by atoms with E-state index in [2.05, 4.69) is 57.5 Å². The number of benzene rings is 1. The first-order valence-electron chi connectivity index (χ1n) is 10.3. The maximum Gasteiger partial charge on any atom is 0.191 e. The first-order chi connectivity index (χ1) is 13.7. The van der Waals surface area contributed by atoms with Crippen LogP contribution < -0.4 is 15.4 Å². The summed E-state index contributed by atoms with van der Waals surface area (Å²) >= 11 is 0. The molecule has 2 N–H and O–H groups in total. The molecule has 0 aromatic heterocycles. The van der Waals surface area contributed by atoms with Gasteiger partial charge in [-0.15, -0.1) is 0 Å². The van der Waals surface area contributed by atoms with E-state index in [1.807, 2.05) is 13.1 Å². The molecule has 7 heteroatoms. The first-order valence-corrected chi connectivity index (χ1v) is 10.3. The summed E-state index contributed by atoms with van der Waals surface area (Å²) in [6.45, 7) is 12.7. The largest absolute Gasteiger partial charge is 0.497 e. The van der Waals surface area contributed by atoms with Crippen molar-refractivity contribution in [1.29, 1.82) is 0 Å². The standard InChI is InChI=1S/C21H37N5O2/c1-5-26(6-2)20(18-8-7-9-19(16-18)27-4)17-24-21(22-3)23-10-11-25-12-14-28-15-13-25/h7-9,16,20H,5-6,10-15,17H2,1-4H3,(H2,22,23,24). The topological polar surface area (TPSA) is 61.4 Å². The molecular formula is C21H37N5O2. The van der Waals surface area contributed by atoms with Crippen LogP contribution in [0.25, 0.3) is 0 Å². The van der Waals surface area contributed by atoms with Crippen molar-refractivity contribution in [2.75, 3.05) is 73.2 Å². The fourth-order valence-electron chi connectivity index (χ4n) is 3.54. The predicted molar refractivity (Wildman–Crippen MR) is 115 cm³/mol. The van der Waals surface area contributed by atoms with E-state index in [4.69, 9.17) is 9.47 Å². The SMILES string of the molecule is CCN(CC)C(CNC(=NC)NCCN1CCOCC1)c1cccc(OC)c1. The number of nitrogens with zero attached hydrogens (tertiary/aromatic N) is 3. The van der Waals surface area contributed by atoms with Crippen molar-refractivity contribution in [3.05, 3.63) is 29.8 Å². The van der Waals surface area contributed by atoms with Gasteiger partial charge in [-0.1, -0.05) is 26.0 Å². The second-order valence-electron chi connectivity index (χ2n) is 6.85. The fraction of sp³-hybridized carbons (Fsp3) is 0.667. The molecule has 0 amide bonds. The average Bonchev–Trinajstić information content (AvgIpc) is 2.76. The van der Waals surface area contributed by atoms with Gasteiger partial charge in [-0.05, 0) is 30.8 Å². The van der Waals surface area contributed by atoms with Crippen LogP contribution in [0, 0.1) is 0 Å². The lowest BCUT2D eigenvalue weighted by molar-refractivity contribution is 0.0389. The molecule has 0 spiro atoms. The van der Waals surface area contributed by atoms with Crippen LogP contribution in [0.3, 0.4) is 0 Å². The number of morpholine rings is 1. The van der Waals surface area contributed by atoms with E-state index in [0.29, 0.717) is 0 Å². The summed E-state index contributed by atoms with van der Waals surface area (Å²) in [7, 11) is 3.53. The van der Waals surface area contributed by atoms with Crippen LogP contribution in [-0.4, -0.2) is 88.9 Å². The normalized spacial score (nSPS) is 16.8. The minimum absolute atomic E-state index is 0.253. The van der Waals surface area contributed by atoms with E-state index in [-0.39, 0.29) is 6.04 Å². The van der Waals surface area contributed by atoms with Gasteiger partial charge in [0.2, 0.25) is 0 Å². The summed E-state index contributed by atoms with van der Waals surface area (Å²) in [6.07, 6.45) is 0. The summed E-state index contributed by atoms with van der Waals surface area (Å²) in [5.41, 5.74) is 1.25. The zero-order valence-electron chi connectivity index (χ0n) is 17.9. The third-order valence-electron chi connectivity index (χ3n) is 5.24. The van der Waals surface area contributed by atoms with Gasteiger partial charge in [0, 0.05) is 39.8 Å². The molecule has 1 atom stereocenters. The Kier molecular flexibility index (Phi) is 10.1. The van der Waals surface area contributed by atoms with Crippen LogP contribution in [0.5, 0.6) is 5.75 Å². The number of hydrogen-bond acceptors (Lipinski definition) is 5.